The number of anilines is 3. The summed E-state index contributed by atoms with van der Waals surface area (Å²) in [5.74, 6) is 0. The number of hydrogen-bond acceptors (Lipinski definition) is 3. The molecule has 0 unspecified atom stereocenters. The second kappa shape index (κ2) is 7.22. The summed E-state index contributed by atoms with van der Waals surface area (Å²) < 4.78 is 0. The minimum absolute atomic E-state index is 0.670. The van der Waals surface area contributed by atoms with E-state index < -0.39 is 0 Å². The Hall–Kier alpha value is -2.81. The fourth-order valence-electron chi connectivity index (χ4n) is 5.16. The number of benzene rings is 2. The topological polar surface area (TPSA) is 19.4 Å². The van der Waals surface area contributed by atoms with E-state index in [0.29, 0.717) is 6.04 Å². The molecular weight excluding hydrogens is 354 g/mol. The van der Waals surface area contributed by atoms with Gasteiger partial charge in [-0.25, -0.2) is 0 Å². The number of fused-ring (bicyclic) bond motifs is 1. The fraction of sp³-hybridized carbons (Fsp3) is 0.346. The Labute approximate surface area is 174 Å². The van der Waals surface area contributed by atoms with Crippen molar-refractivity contribution in [3.63, 3.8) is 0 Å². The SMILES string of the molecule is Cc1cc(-c2c(C)cccc2C)ncc1N1CN(C2CCCC2)c2ccccc21. The Bertz CT molecular complexity index is 1030. The van der Waals surface area contributed by atoms with Gasteiger partial charge in [0, 0.05) is 11.6 Å². The van der Waals surface area contributed by atoms with Crippen LogP contribution in [0.1, 0.15) is 42.4 Å². The van der Waals surface area contributed by atoms with Gasteiger partial charge in [-0.1, -0.05) is 43.2 Å². The van der Waals surface area contributed by atoms with E-state index in [9.17, 15) is 0 Å². The number of hydrogen-bond donors (Lipinski definition) is 0. The summed E-state index contributed by atoms with van der Waals surface area (Å²) >= 11 is 0. The van der Waals surface area contributed by atoms with Crippen molar-refractivity contribution in [2.24, 2.45) is 0 Å². The predicted octanol–water partition coefficient (Wildman–Crippen LogP) is 6.53. The lowest BCUT2D eigenvalue weighted by atomic mass is 9.98. The molecule has 2 aromatic carbocycles. The first kappa shape index (κ1) is 18.2. The van der Waals surface area contributed by atoms with E-state index >= 15 is 0 Å². The van der Waals surface area contributed by atoms with Gasteiger partial charge in [-0.15, -0.1) is 0 Å². The van der Waals surface area contributed by atoms with Crippen molar-refractivity contribution in [3.05, 3.63) is 71.4 Å². The van der Waals surface area contributed by atoms with Crippen LogP contribution in [0.2, 0.25) is 0 Å². The molecule has 1 aliphatic heterocycles. The second-order valence-electron chi connectivity index (χ2n) is 8.59. The first-order valence-corrected chi connectivity index (χ1v) is 10.8. The molecule has 0 bridgehead atoms. The molecule has 1 aromatic heterocycles. The number of para-hydroxylation sites is 2. The summed E-state index contributed by atoms with van der Waals surface area (Å²) in [5.41, 5.74) is 10.1. The van der Waals surface area contributed by atoms with Crippen molar-refractivity contribution in [1.82, 2.24) is 4.98 Å². The van der Waals surface area contributed by atoms with Crippen LogP contribution in [0.15, 0.2) is 54.7 Å². The van der Waals surface area contributed by atoms with E-state index in [0.717, 1.165) is 12.4 Å². The number of nitrogens with zero attached hydrogens (tertiary/aromatic N) is 3. The standard InChI is InChI=1S/C26H29N3/c1-18-9-8-10-19(2)26(18)22-15-20(3)25(16-27-22)29-17-28(21-11-4-5-12-21)23-13-6-7-14-24(23)29/h6-10,13-16,21H,4-5,11-12,17H2,1-3H3. The van der Waals surface area contributed by atoms with Gasteiger partial charge in [-0.2, -0.15) is 0 Å². The summed E-state index contributed by atoms with van der Waals surface area (Å²) in [6.07, 6.45) is 7.41. The zero-order valence-corrected chi connectivity index (χ0v) is 17.7. The van der Waals surface area contributed by atoms with Gasteiger partial charge in [0.1, 0.15) is 0 Å². The van der Waals surface area contributed by atoms with E-state index in [2.05, 4.69) is 85.3 Å². The normalized spacial score (nSPS) is 16.5. The van der Waals surface area contributed by atoms with Crippen LogP contribution in [0.25, 0.3) is 11.3 Å². The van der Waals surface area contributed by atoms with Crippen LogP contribution in [0.5, 0.6) is 0 Å². The first-order chi connectivity index (χ1) is 14.1. The molecule has 3 aromatic rings. The van der Waals surface area contributed by atoms with Crippen LogP contribution in [0, 0.1) is 20.8 Å². The summed E-state index contributed by atoms with van der Waals surface area (Å²) in [7, 11) is 0. The molecule has 148 valence electrons. The molecule has 0 atom stereocenters. The number of aryl methyl sites for hydroxylation is 3. The van der Waals surface area contributed by atoms with E-state index in [4.69, 9.17) is 4.98 Å². The minimum atomic E-state index is 0.670. The third kappa shape index (κ3) is 3.09. The average molecular weight is 384 g/mol. The molecule has 1 fully saturated rings. The maximum Gasteiger partial charge on any atom is 0.0956 e. The van der Waals surface area contributed by atoms with Crippen LogP contribution in [-0.4, -0.2) is 17.7 Å². The molecule has 0 saturated heterocycles. The summed E-state index contributed by atoms with van der Waals surface area (Å²) in [6.45, 7) is 7.48. The highest BCUT2D eigenvalue weighted by Crippen LogP contribution is 2.44. The maximum atomic E-state index is 4.91. The number of aromatic nitrogens is 1. The molecule has 2 heterocycles. The summed E-state index contributed by atoms with van der Waals surface area (Å²) in [6, 6.07) is 18.2. The molecule has 1 saturated carbocycles. The number of rotatable bonds is 3. The Morgan fingerprint density at radius 1 is 0.793 bits per heavy atom. The van der Waals surface area contributed by atoms with Gasteiger partial charge in [-0.3, -0.25) is 4.98 Å². The highest BCUT2D eigenvalue weighted by Gasteiger charge is 2.33. The van der Waals surface area contributed by atoms with E-state index in [1.54, 1.807) is 0 Å². The summed E-state index contributed by atoms with van der Waals surface area (Å²) in [5, 5.41) is 0. The largest absolute Gasteiger partial charge is 0.349 e. The van der Waals surface area contributed by atoms with Crippen molar-refractivity contribution < 1.29 is 0 Å². The lowest BCUT2D eigenvalue weighted by Crippen LogP contribution is -2.35. The predicted molar refractivity (Wildman–Crippen MR) is 122 cm³/mol. The van der Waals surface area contributed by atoms with Gasteiger partial charge in [0.2, 0.25) is 0 Å². The average Bonchev–Trinajstić information content (AvgIpc) is 3.36. The van der Waals surface area contributed by atoms with E-state index in [1.807, 2.05) is 0 Å². The Kier molecular flexibility index (Phi) is 4.54. The molecule has 0 radical (unpaired) electrons. The van der Waals surface area contributed by atoms with Gasteiger partial charge < -0.3 is 9.80 Å². The van der Waals surface area contributed by atoms with Gasteiger partial charge >= 0.3 is 0 Å². The Morgan fingerprint density at radius 2 is 1.48 bits per heavy atom. The van der Waals surface area contributed by atoms with Crippen molar-refractivity contribution in [1.29, 1.82) is 0 Å². The van der Waals surface area contributed by atoms with Gasteiger partial charge in [0.15, 0.2) is 0 Å². The van der Waals surface area contributed by atoms with Crippen molar-refractivity contribution in [2.75, 3.05) is 16.5 Å². The smallest absolute Gasteiger partial charge is 0.0956 e. The highest BCUT2D eigenvalue weighted by molar-refractivity contribution is 5.84. The Morgan fingerprint density at radius 3 is 2.17 bits per heavy atom. The molecule has 2 aliphatic rings. The molecule has 1 aliphatic carbocycles. The third-order valence-corrected chi connectivity index (χ3v) is 6.65. The lowest BCUT2D eigenvalue weighted by Gasteiger charge is -2.28. The minimum Gasteiger partial charge on any atom is -0.349 e. The van der Waals surface area contributed by atoms with E-state index in [1.165, 1.54) is 65.0 Å². The molecule has 3 heteroatoms. The zero-order chi connectivity index (χ0) is 20.0. The van der Waals surface area contributed by atoms with Crippen LogP contribution in [0.4, 0.5) is 17.1 Å². The van der Waals surface area contributed by atoms with Crippen molar-refractivity contribution in [2.45, 2.75) is 52.5 Å². The lowest BCUT2D eigenvalue weighted by molar-refractivity contribution is 0.625. The Balaban J connectivity index is 1.53. The van der Waals surface area contributed by atoms with Gasteiger partial charge in [-0.05, 0) is 68.5 Å². The highest BCUT2D eigenvalue weighted by atomic mass is 15.4. The van der Waals surface area contributed by atoms with Gasteiger partial charge in [0.05, 0.1) is 35.6 Å². The zero-order valence-electron chi connectivity index (χ0n) is 17.7. The van der Waals surface area contributed by atoms with Gasteiger partial charge in [0.25, 0.3) is 0 Å². The van der Waals surface area contributed by atoms with Crippen molar-refractivity contribution >= 4 is 17.1 Å². The molecule has 29 heavy (non-hydrogen) atoms. The third-order valence-electron chi connectivity index (χ3n) is 6.65. The molecule has 0 N–H and O–H groups in total. The quantitative estimate of drug-likeness (QED) is 0.512. The molecule has 0 spiro atoms. The van der Waals surface area contributed by atoms with Crippen LogP contribution in [-0.2, 0) is 0 Å². The van der Waals surface area contributed by atoms with Crippen LogP contribution in [0.3, 0.4) is 0 Å². The second-order valence-corrected chi connectivity index (χ2v) is 8.59. The number of pyridine rings is 1. The molecular formula is C26H29N3. The first-order valence-electron chi connectivity index (χ1n) is 10.8. The fourth-order valence-corrected chi connectivity index (χ4v) is 5.16. The maximum absolute atomic E-state index is 4.91. The monoisotopic (exact) mass is 383 g/mol. The molecule has 0 amide bonds. The van der Waals surface area contributed by atoms with Crippen LogP contribution >= 0.6 is 0 Å². The van der Waals surface area contributed by atoms with Crippen LogP contribution < -0.4 is 9.80 Å². The molecule has 5 rings (SSSR count). The van der Waals surface area contributed by atoms with E-state index in [-0.39, 0.29) is 0 Å². The summed E-state index contributed by atoms with van der Waals surface area (Å²) in [4.78, 5) is 9.97. The van der Waals surface area contributed by atoms with Crippen molar-refractivity contribution in [3.8, 4) is 11.3 Å². The molecule has 3 nitrogen and oxygen atoms in total.